The minimum atomic E-state index is -0.258. The number of nitrogens with zero attached hydrogens (tertiary/aromatic N) is 1. The van der Waals surface area contributed by atoms with Gasteiger partial charge in [-0.3, -0.25) is 9.78 Å². The average Bonchev–Trinajstić information content (AvgIpc) is 2.55. The first-order valence-electron chi connectivity index (χ1n) is 7.98. The molecule has 2 N–H and O–H groups in total. The van der Waals surface area contributed by atoms with Gasteiger partial charge in [0.05, 0.1) is 24.3 Å². The highest BCUT2D eigenvalue weighted by atomic mass is 16.5. The number of rotatable bonds is 6. The lowest BCUT2D eigenvalue weighted by Gasteiger charge is -2.38. The van der Waals surface area contributed by atoms with Crippen LogP contribution in [-0.4, -0.2) is 35.8 Å². The molecule has 5 nitrogen and oxygen atoms in total. The number of carbonyl (C=O) groups is 1. The number of methoxy groups -OCH3 is 1. The SMILES string of the molecule is COCCC(=O)N[C@@H](c1cnc2ccccc2c1)C1CC(O)C1. The van der Waals surface area contributed by atoms with E-state index in [2.05, 4.69) is 16.4 Å². The molecule has 0 saturated heterocycles. The van der Waals surface area contributed by atoms with E-state index in [1.54, 1.807) is 7.11 Å². The van der Waals surface area contributed by atoms with Gasteiger partial charge < -0.3 is 15.2 Å². The molecule has 1 aliphatic carbocycles. The molecule has 0 spiro atoms. The van der Waals surface area contributed by atoms with E-state index < -0.39 is 0 Å². The predicted octanol–water partition coefficient (Wildman–Crippen LogP) is 2.20. The van der Waals surface area contributed by atoms with Crippen LogP contribution in [0.15, 0.2) is 36.5 Å². The number of fused-ring (bicyclic) bond motifs is 1. The first-order valence-corrected chi connectivity index (χ1v) is 7.98. The first-order chi connectivity index (χ1) is 11.2. The third-order valence-corrected chi connectivity index (χ3v) is 4.44. The lowest BCUT2D eigenvalue weighted by molar-refractivity contribution is -0.123. The van der Waals surface area contributed by atoms with Gasteiger partial charge in [-0.1, -0.05) is 18.2 Å². The number of ether oxygens (including phenoxy) is 1. The monoisotopic (exact) mass is 314 g/mol. The first kappa shape index (κ1) is 15.9. The van der Waals surface area contributed by atoms with Crippen LogP contribution < -0.4 is 5.32 Å². The van der Waals surface area contributed by atoms with E-state index in [1.165, 1.54) is 0 Å². The number of pyridine rings is 1. The Labute approximate surface area is 135 Å². The maximum Gasteiger partial charge on any atom is 0.222 e. The Morgan fingerprint density at radius 3 is 2.96 bits per heavy atom. The molecular formula is C18H22N2O3. The molecular weight excluding hydrogens is 292 g/mol. The minimum absolute atomic E-state index is 0.0357. The number of hydrogen-bond donors (Lipinski definition) is 2. The molecule has 1 amide bonds. The van der Waals surface area contributed by atoms with Crippen molar-refractivity contribution in [3.63, 3.8) is 0 Å². The molecule has 0 aliphatic heterocycles. The zero-order chi connectivity index (χ0) is 16.2. The van der Waals surface area contributed by atoms with Crippen LogP contribution in [0.2, 0.25) is 0 Å². The normalized spacial score (nSPS) is 21.7. The minimum Gasteiger partial charge on any atom is -0.393 e. The molecule has 1 aromatic heterocycles. The maximum atomic E-state index is 12.1. The van der Waals surface area contributed by atoms with Crippen molar-refractivity contribution in [3.8, 4) is 0 Å². The number of para-hydroxylation sites is 1. The number of benzene rings is 1. The van der Waals surface area contributed by atoms with Crippen molar-refractivity contribution >= 4 is 16.8 Å². The van der Waals surface area contributed by atoms with Crippen molar-refractivity contribution in [2.75, 3.05) is 13.7 Å². The van der Waals surface area contributed by atoms with Gasteiger partial charge in [0.1, 0.15) is 0 Å². The second-order valence-electron chi connectivity index (χ2n) is 6.13. The van der Waals surface area contributed by atoms with Crippen LogP contribution in [0.25, 0.3) is 10.9 Å². The predicted molar refractivity (Wildman–Crippen MR) is 87.9 cm³/mol. The summed E-state index contributed by atoms with van der Waals surface area (Å²) in [6.07, 6.45) is 3.33. The zero-order valence-corrected chi connectivity index (χ0v) is 13.2. The quantitative estimate of drug-likeness (QED) is 0.857. The molecule has 1 fully saturated rings. The van der Waals surface area contributed by atoms with Gasteiger partial charge in [0.15, 0.2) is 0 Å². The number of aromatic nitrogens is 1. The van der Waals surface area contributed by atoms with Crippen molar-refractivity contribution in [1.82, 2.24) is 10.3 Å². The van der Waals surface area contributed by atoms with Gasteiger partial charge in [-0.15, -0.1) is 0 Å². The van der Waals surface area contributed by atoms with Crippen LogP contribution in [0.1, 0.15) is 30.9 Å². The zero-order valence-electron chi connectivity index (χ0n) is 13.2. The second-order valence-corrected chi connectivity index (χ2v) is 6.13. The third kappa shape index (κ3) is 3.68. The number of hydrogen-bond acceptors (Lipinski definition) is 4. The molecule has 0 radical (unpaired) electrons. The lowest BCUT2D eigenvalue weighted by atomic mass is 9.75. The van der Waals surface area contributed by atoms with E-state index in [4.69, 9.17) is 4.74 Å². The van der Waals surface area contributed by atoms with Gasteiger partial charge in [0.2, 0.25) is 5.91 Å². The summed E-state index contributed by atoms with van der Waals surface area (Å²) >= 11 is 0. The van der Waals surface area contributed by atoms with E-state index in [-0.39, 0.29) is 24.0 Å². The summed E-state index contributed by atoms with van der Waals surface area (Å²) in [4.78, 5) is 16.6. The highest BCUT2D eigenvalue weighted by Crippen LogP contribution is 2.38. The van der Waals surface area contributed by atoms with Gasteiger partial charge in [-0.25, -0.2) is 0 Å². The van der Waals surface area contributed by atoms with Crippen molar-refractivity contribution in [3.05, 3.63) is 42.1 Å². The van der Waals surface area contributed by atoms with Crippen LogP contribution >= 0.6 is 0 Å². The number of aliphatic hydroxyl groups excluding tert-OH is 1. The highest BCUT2D eigenvalue weighted by molar-refractivity contribution is 5.80. The van der Waals surface area contributed by atoms with Gasteiger partial charge in [-0.05, 0) is 36.5 Å². The molecule has 2 aromatic rings. The maximum absolute atomic E-state index is 12.1. The molecule has 0 bridgehead atoms. The smallest absolute Gasteiger partial charge is 0.222 e. The summed E-state index contributed by atoms with van der Waals surface area (Å²) in [6, 6.07) is 9.90. The summed E-state index contributed by atoms with van der Waals surface area (Å²) in [5, 5.41) is 13.8. The van der Waals surface area contributed by atoms with E-state index in [0.717, 1.165) is 16.5 Å². The summed E-state index contributed by atoms with van der Waals surface area (Å²) in [5.41, 5.74) is 1.93. The van der Waals surface area contributed by atoms with Gasteiger partial charge in [-0.2, -0.15) is 0 Å². The van der Waals surface area contributed by atoms with Crippen LogP contribution in [-0.2, 0) is 9.53 Å². The number of nitrogens with one attached hydrogen (secondary N) is 1. The van der Waals surface area contributed by atoms with E-state index in [1.807, 2.05) is 30.5 Å². The standard InChI is InChI=1S/C18H22N2O3/c1-23-7-6-17(22)20-18(13-9-15(21)10-13)14-8-12-4-2-3-5-16(12)19-11-14/h2-5,8,11,13,15,18,21H,6-7,9-10H2,1H3,(H,20,22)/t13?,15?,18-/m1/s1. The van der Waals surface area contributed by atoms with Crippen molar-refractivity contribution in [2.24, 2.45) is 5.92 Å². The molecule has 0 unspecified atom stereocenters. The summed E-state index contributed by atoms with van der Waals surface area (Å²) < 4.78 is 4.96. The molecule has 1 saturated carbocycles. The number of carbonyl (C=O) groups excluding carboxylic acids is 1. The molecule has 23 heavy (non-hydrogen) atoms. The fourth-order valence-electron chi connectivity index (χ4n) is 3.07. The fraction of sp³-hybridized carbons (Fsp3) is 0.444. The Bertz CT molecular complexity index is 683. The Kier molecular flexibility index (Phi) is 4.88. The fourth-order valence-corrected chi connectivity index (χ4v) is 3.07. The molecule has 1 aliphatic rings. The van der Waals surface area contributed by atoms with Gasteiger partial charge in [0.25, 0.3) is 0 Å². The lowest BCUT2D eigenvalue weighted by Crippen LogP contribution is -2.41. The largest absolute Gasteiger partial charge is 0.393 e. The molecule has 1 heterocycles. The highest BCUT2D eigenvalue weighted by Gasteiger charge is 2.35. The summed E-state index contributed by atoms with van der Waals surface area (Å²) in [7, 11) is 1.58. The van der Waals surface area contributed by atoms with Crippen LogP contribution in [0.5, 0.6) is 0 Å². The number of amides is 1. The van der Waals surface area contributed by atoms with Gasteiger partial charge in [0, 0.05) is 25.1 Å². The van der Waals surface area contributed by atoms with E-state index in [9.17, 15) is 9.90 Å². The number of aliphatic hydroxyl groups is 1. The molecule has 122 valence electrons. The molecule has 1 atom stereocenters. The Morgan fingerprint density at radius 2 is 2.22 bits per heavy atom. The van der Waals surface area contributed by atoms with Crippen LogP contribution in [0.4, 0.5) is 0 Å². The Hall–Kier alpha value is -1.98. The van der Waals surface area contributed by atoms with Crippen molar-refractivity contribution in [2.45, 2.75) is 31.4 Å². The van der Waals surface area contributed by atoms with Crippen LogP contribution in [0.3, 0.4) is 0 Å². The second kappa shape index (κ2) is 7.06. The Morgan fingerprint density at radius 1 is 1.43 bits per heavy atom. The van der Waals surface area contributed by atoms with E-state index in [0.29, 0.717) is 25.9 Å². The summed E-state index contributed by atoms with van der Waals surface area (Å²) in [5.74, 6) is 0.214. The third-order valence-electron chi connectivity index (χ3n) is 4.44. The molecule has 3 rings (SSSR count). The van der Waals surface area contributed by atoms with Crippen molar-refractivity contribution < 1.29 is 14.6 Å². The Balaban J connectivity index is 1.82. The average molecular weight is 314 g/mol. The van der Waals surface area contributed by atoms with Crippen molar-refractivity contribution in [1.29, 1.82) is 0 Å². The van der Waals surface area contributed by atoms with Crippen LogP contribution in [0, 0.1) is 5.92 Å². The van der Waals surface area contributed by atoms with Gasteiger partial charge >= 0.3 is 0 Å². The molecule has 5 heteroatoms. The topological polar surface area (TPSA) is 71.5 Å². The van der Waals surface area contributed by atoms with E-state index >= 15 is 0 Å². The summed E-state index contributed by atoms with van der Waals surface area (Å²) in [6.45, 7) is 0.405. The molecule has 1 aromatic carbocycles.